The summed E-state index contributed by atoms with van der Waals surface area (Å²) in [6, 6.07) is 5.45. The van der Waals surface area contributed by atoms with Gasteiger partial charge in [-0.05, 0) is 13.0 Å². The molecule has 0 radical (unpaired) electrons. The highest BCUT2D eigenvalue weighted by atomic mass is 16.5. The summed E-state index contributed by atoms with van der Waals surface area (Å²) >= 11 is 0. The lowest BCUT2D eigenvalue weighted by atomic mass is 10.2. The summed E-state index contributed by atoms with van der Waals surface area (Å²) in [6.45, 7) is 2.64. The number of aryl methyl sites for hydroxylation is 1. The van der Waals surface area contributed by atoms with Crippen LogP contribution in [0.15, 0.2) is 28.9 Å². The zero-order valence-corrected chi connectivity index (χ0v) is 13.3. The van der Waals surface area contributed by atoms with Crippen LogP contribution in [0.1, 0.15) is 17.0 Å². The van der Waals surface area contributed by atoms with Gasteiger partial charge in [-0.2, -0.15) is 0 Å². The number of nitrogens with one attached hydrogen (secondary N) is 1. The largest absolute Gasteiger partial charge is 0.362 e. The van der Waals surface area contributed by atoms with Gasteiger partial charge in [0, 0.05) is 45.5 Å². The Labute approximate surface area is 129 Å². The third-order valence-electron chi connectivity index (χ3n) is 3.14. The molecule has 0 aliphatic heterocycles. The van der Waals surface area contributed by atoms with Crippen LogP contribution in [0, 0.1) is 6.92 Å². The second-order valence-corrected chi connectivity index (χ2v) is 5.32. The first-order chi connectivity index (χ1) is 10.5. The average molecular weight is 303 g/mol. The number of hydrogen-bond acceptors (Lipinski definition) is 5. The number of urea groups is 1. The number of pyridine rings is 1. The van der Waals surface area contributed by atoms with Crippen LogP contribution < -0.4 is 10.2 Å². The second-order valence-electron chi connectivity index (χ2n) is 5.32. The Morgan fingerprint density at radius 3 is 2.77 bits per heavy atom. The van der Waals surface area contributed by atoms with E-state index < -0.39 is 0 Å². The van der Waals surface area contributed by atoms with Crippen molar-refractivity contribution in [3.63, 3.8) is 0 Å². The molecule has 7 nitrogen and oxygen atoms in total. The maximum absolute atomic E-state index is 12.1. The first-order valence-corrected chi connectivity index (χ1v) is 6.99. The summed E-state index contributed by atoms with van der Waals surface area (Å²) in [4.78, 5) is 19.9. The number of hydrogen-bond donors (Lipinski definition) is 1. The molecule has 22 heavy (non-hydrogen) atoms. The zero-order chi connectivity index (χ0) is 16.1. The molecule has 0 spiro atoms. The molecule has 118 valence electrons. The first kappa shape index (κ1) is 15.8. The number of anilines is 1. The predicted molar refractivity (Wildman–Crippen MR) is 83.5 cm³/mol. The van der Waals surface area contributed by atoms with Gasteiger partial charge in [0.25, 0.3) is 0 Å². The van der Waals surface area contributed by atoms with E-state index in [1.165, 1.54) is 0 Å². The highest BCUT2D eigenvalue weighted by molar-refractivity contribution is 5.74. The summed E-state index contributed by atoms with van der Waals surface area (Å²) in [5, 5.41) is 6.76. The summed E-state index contributed by atoms with van der Waals surface area (Å²) in [5.74, 6) is 1.58. The Hall–Kier alpha value is -2.57. The lowest BCUT2D eigenvalue weighted by Crippen LogP contribution is -2.36. The highest BCUT2D eigenvalue weighted by Crippen LogP contribution is 2.14. The van der Waals surface area contributed by atoms with Crippen molar-refractivity contribution < 1.29 is 9.32 Å². The Morgan fingerprint density at radius 1 is 1.36 bits per heavy atom. The lowest BCUT2D eigenvalue weighted by Gasteiger charge is -2.19. The Bertz CT molecular complexity index is 638. The van der Waals surface area contributed by atoms with Crippen molar-refractivity contribution in [1.82, 2.24) is 20.4 Å². The molecule has 7 heteroatoms. The van der Waals surface area contributed by atoms with Gasteiger partial charge in [-0.3, -0.25) is 0 Å². The molecule has 2 heterocycles. The minimum Gasteiger partial charge on any atom is -0.362 e. The van der Waals surface area contributed by atoms with Crippen LogP contribution in [0.25, 0.3) is 0 Å². The number of carbonyl (C=O) groups is 1. The standard InChI is InChI=1S/C15H21N5O2/c1-11-8-13(18-22-11)10-20(4)15(21)17-9-12-6-5-7-16-14(12)19(2)3/h5-8H,9-10H2,1-4H3,(H,17,21). The molecule has 0 aliphatic rings. The van der Waals surface area contributed by atoms with Crippen molar-refractivity contribution in [3.05, 3.63) is 41.4 Å². The molecule has 0 aliphatic carbocycles. The van der Waals surface area contributed by atoms with E-state index in [0.717, 1.165) is 22.8 Å². The molecule has 2 aromatic heterocycles. The molecule has 0 saturated carbocycles. The molecule has 2 aromatic rings. The van der Waals surface area contributed by atoms with Gasteiger partial charge in [-0.15, -0.1) is 0 Å². The molecule has 2 amide bonds. The second kappa shape index (κ2) is 6.93. The number of amides is 2. The average Bonchev–Trinajstić information content (AvgIpc) is 2.90. The molecule has 0 atom stereocenters. The van der Waals surface area contributed by atoms with Gasteiger partial charge >= 0.3 is 6.03 Å². The number of carbonyl (C=O) groups excluding carboxylic acids is 1. The van der Waals surface area contributed by atoms with Gasteiger partial charge in [0.15, 0.2) is 0 Å². The van der Waals surface area contributed by atoms with Crippen LogP contribution in [-0.4, -0.2) is 42.2 Å². The van der Waals surface area contributed by atoms with Gasteiger partial charge < -0.3 is 19.6 Å². The monoisotopic (exact) mass is 303 g/mol. The molecule has 2 rings (SSSR count). The fourth-order valence-corrected chi connectivity index (χ4v) is 2.08. The minimum absolute atomic E-state index is 0.172. The van der Waals surface area contributed by atoms with Crippen molar-refractivity contribution in [2.24, 2.45) is 0 Å². The SMILES string of the molecule is Cc1cc(CN(C)C(=O)NCc2cccnc2N(C)C)no1. The molecule has 0 aromatic carbocycles. The number of nitrogens with zero attached hydrogens (tertiary/aromatic N) is 4. The maximum Gasteiger partial charge on any atom is 0.317 e. The van der Waals surface area contributed by atoms with Gasteiger partial charge in [-0.25, -0.2) is 9.78 Å². The Kier molecular flexibility index (Phi) is 4.98. The van der Waals surface area contributed by atoms with Crippen LogP contribution in [0.2, 0.25) is 0 Å². The zero-order valence-electron chi connectivity index (χ0n) is 13.3. The van der Waals surface area contributed by atoms with Crippen molar-refractivity contribution in [2.45, 2.75) is 20.0 Å². The van der Waals surface area contributed by atoms with E-state index in [4.69, 9.17) is 4.52 Å². The fraction of sp³-hybridized carbons (Fsp3) is 0.400. The van der Waals surface area contributed by atoms with Crippen LogP contribution >= 0.6 is 0 Å². The van der Waals surface area contributed by atoms with Crippen molar-refractivity contribution >= 4 is 11.8 Å². The van der Waals surface area contributed by atoms with Crippen molar-refractivity contribution in [1.29, 1.82) is 0 Å². The topological polar surface area (TPSA) is 74.5 Å². The van der Waals surface area contributed by atoms with Crippen LogP contribution in [-0.2, 0) is 13.1 Å². The van der Waals surface area contributed by atoms with Gasteiger partial charge in [0.05, 0.1) is 6.54 Å². The maximum atomic E-state index is 12.1. The van der Waals surface area contributed by atoms with E-state index >= 15 is 0 Å². The van der Waals surface area contributed by atoms with Gasteiger partial charge in [-0.1, -0.05) is 11.2 Å². The third kappa shape index (κ3) is 3.97. The summed E-state index contributed by atoms with van der Waals surface area (Å²) < 4.78 is 4.99. The highest BCUT2D eigenvalue weighted by Gasteiger charge is 2.12. The van der Waals surface area contributed by atoms with E-state index in [0.29, 0.717) is 13.1 Å². The fourth-order valence-electron chi connectivity index (χ4n) is 2.08. The van der Waals surface area contributed by atoms with Crippen LogP contribution in [0.4, 0.5) is 10.6 Å². The molecular weight excluding hydrogens is 282 g/mol. The molecule has 0 saturated heterocycles. The lowest BCUT2D eigenvalue weighted by molar-refractivity contribution is 0.205. The summed E-state index contributed by atoms with van der Waals surface area (Å²) in [5.41, 5.74) is 1.69. The van der Waals surface area contributed by atoms with Crippen molar-refractivity contribution in [3.8, 4) is 0 Å². The summed E-state index contributed by atoms with van der Waals surface area (Å²) in [6.07, 6.45) is 1.74. The quantitative estimate of drug-likeness (QED) is 0.911. The third-order valence-corrected chi connectivity index (χ3v) is 3.14. The Morgan fingerprint density at radius 2 is 2.14 bits per heavy atom. The van der Waals surface area contributed by atoms with E-state index in [2.05, 4.69) is 15.5 Å². The molecule has 0 unspecified atom stereocenters. The van der Waals surface area contributed by atoms with E-state index in [-0.39, 0.29) is 6.03 Å². The van der Waals surface area contributed by atoms with Crippen LogP contribution in [0.5, 0.6) is 0 Å². The smallest absolute Gasteiger partial charge is 0.317 e. The predicted octanol–water partition coefficient (Wildman–Crippen LogP) is 1.79. The van der Waals surface area contributed by atoms with E-state index in [9.17, 15) is 4.79 Å². The molecule has 0 bridgehead atoms. The van der Waals surface area contributed by atoms with Gasteiger partial charge in [0.2, 0.25) is 0 Å². The minimum atomic E-state index is -0.172. The van der Waals surface area contributed by atoms with Crippen LogP contribution in [0.3, 0.4) is 0 Å². The van der Waals surface area contributed by atoms with E-state index in [1.807, 2.05) is 44.1 Å². The molecule has 0 fully saturated rings. The normalized spacial score (nSPS) is 10.4. The number of rotatable bonds is 5. The van der Waals surface area contributed by atoms with Crippen molar-refractivity contribution in [2.75, 3.05) is 26.0 Å². The first-order valence-electron chi connectivity index (χ1n) is 6.99. The summed E-state index contributed by atoms with van der Waals surface area (Å²) in [7, 11) is 5.56. The Balaban J connectivity index is 1.92. The number of aromatic nitrogens is 2. The molecular formula is C15H21N5O2. The van der Waals surface area contributed by atoms with E-state index in [1.54, 1.807) is 18.1 Å². The van der Waals surface area contributed by atoms with Gasteiger partial charge in [0.1, 0.15) is 17.3 Å². The molecule has 1 N–H and O–H groups in total.